The quantitative estimate of drug-likeness (QED) is 0.385. The van der Waals surface area contributed by atoms with E-state index in [0.29, 0.717) is 12.6 Å². The lowest BCUT2D eigenvalue weighted by molar-refractivity contribution is 0.362. The van der Waals surface area contributed by atoms with Gasteiger partial charge in [-0.3, -0.25) is 0 Å². The van der Waals surface area contributed by atoms with Gasteiger partial charge < -0.3 is 9.72 Å². The topological polar surface area (TPSA) is 62.3 Å². The van der Waals surface area contributed by atoms with Gasteiger partial charge in [-0.1, -0.05) is 40.7 Å². The lowest BCUT2D eigenvalue weighted by atomic mass is 10.2. The Morgan fingerprint density at radius 3 is 3.00 bits per heavy atom. The highest BCUT2D eigenvalue weighted by Crippen LogP contribution is 2.22. The van der Waals surface area contributed by atoms with E-state index in [1.807, 2.05) is 42.5 Å². The Morgan fingerprint density at radius 2 is 2.17 bits per heavy atom. The minimum Gasteiger partial charge on any atom is -0.489 e. The number of hydrazone groups is 1. The zero-order valence-corrected chi connectivity index (χ0v) is 13.9. The van der Waals surface area contributed by atoms with Gasteiger partial charge in [0.2, 0.25) is 5.95 Å². The largest absolute Gasteiger partial charge is 0.489 e. The van der Waals surface area contributed by atoms with E-state index in [-0.39, 0.29) is 0 Å². The van der Waals surface area contributed by atoms with Crippen molar-refractivity contribution in [1.29, 1.82) is 0 Å². The van der Waals surface area contributed by atoms with Crippen molar-refractivity contribution >= 4 is 39.1 Å². The minimum atomic E-state index is 0.444. The van der Waals surface area contributed by atoms with Gasteiger partial charge in [-0.25, -0.2) is 10.4 Å². The molecule has 2 N–H and O–H groups in total. The van der Waals surface area contributed by atoms with Gasteiger partial charge >= 0.3 is 0 Å². The summed E-state index contributed by atoms with van der Waals surface area (Å²) >= 11 is 3.45. The molecule has 0 atom stereocenters. The zero-order valence-electron chi connectivity index (χ0n) is 12.3. The van der Waals surface area contributed by atoms with Crippen LogP contribution in [0.3, 0.4) is 0 Å². The molecule has 23 heavy (non-hydrogen) atoms. The predicted molar refractivity (Wildman–Crippen MR) is 97.1 cm³/mol. The summed E-state index contributed by atoms with van der Waals surface area (Å²) in [6.45, 7) is 4.10. The summed E-state index contributed by atoms with van der Waals surface area (Å²) < 4.78 is 6.56. The molecule has 0 aliphatic heterocycles. The van der Waals surface area contributed by atoms with Crippen LogP contribution in [0.15, 0.2) is 64.7 Å². The first-order chi connectivity index (χ1) is 11.3. The van der Waals surface area contributed by atoms with Crippen LogP contribution in [0.1, 0.15) is 5.56 Å². The average Bonchev–Trinajstić information content (AvgIpc) is 2.97. The van der Waals surface area contributed by atoms with Crippen LogP contribution < -0.4 is 10.2 Å². The molecule has 116 valence electrons. The van der Waals surface area contributed by atoms with Crippen LogP contribution in [-0.4, -0.2) is 22.8 Å². The van der Waals surface area contributed by atoms with Crippen LogP contribution in [-0.2, 0) is 0 Å². The Bertz CT molecular complexity index is 824. The fourth-order valence-corrected chi connectivity index (χ4v) is 2.45. The van der Waals surface area contributed by atoms with E-state index in [0.717, 1.165) is 26.8 Å². The fraction of sp³-hybridized carbons (Fsp3) is 0.0588. The second-order valence-corrected chi connectivity index (χ2v) is 5.67. The van der Waals surface area contributed by atoms with Crippen molar-refractivity contribution in [2.45, 2.75) is 0 Å². The number of fused-ring (bicyclic) bond motifs is 1. The molecule has 5 nitrogen and oxygen atoms in total. The highest BCUT2D eigenvalue weighted by molar-refractivity contribution is 9.10. The molecule has 0 saturated heterocycles. The van der Waals surface area contributed by atoms with E-state index >= 15 is 0 Å². The SMILES string of the molecule is C=CCOc1ccc(Br)cc1C=NNc1nc2ccccc2[nH]1. The highest BCUT2D eigenvalue weighted by atomic mass is 79.9. The first kappa shape index (κ1) is 15.3. The second kappa shape index (κ2) is 7.11. The van der Waals surface area contributed by atoms with E-state index < -0.39 is 0 Å². The van der Waals surface area contributed by atoms with Crippen LogP contribution in [0.4, 0.5) is 5.95 Å². The number of halogens is 1. The number of nitrogens with zero attached hydrogens (tertiary/aromatic N) is 2. The van der Waals surface area contributed by atoms with Gasteiger partial charge in [-0.2, -0.15) is 5.10 Å². The third kappa shape index (κ3) is 3.78. The number of anilines is 1. The number of ether oxygens (including phenoxy) is 1. The molecule has 0 unspecified atom stereocenters. The van der Waals surface area contributed by atoms with E-state index in [4.69, 9.17) is 4.74 Å². The molecule has 1 heterocycles. The van der Waals surface area contributed by atoms with Gasteiger partial charge in [0.25, 0.3) is 0 Å². The summed E-state index contributed by atoms with van der Waals surface area (Å²) in [5, 5.41) is 4.22. The van der Waals surface area contributed by atoms with E-state index in [1.165, 1.54) is 0 Å². The van der Waals surface area contributed by atoms with Gasteiger partial charge in [0.05, 0.1) is 17.2 Å². The summed E-state index contributed by atoms with van der Waals surface area (Å²) in [6, 6.07) is 13.5. The third-order valence-electron chi connectivity index (χ3n) is 3.09. The summed E-state index contributed by atoms with van der Waals surface area (Å²) in [6.07, 6.45) is 3.39. The van der Waals surface area contributed by atoms with Gasteiger partial charge in [0, 0.05) is 10.0 Å². The number of aromatic nitrogens is 2. The summed E-state index contributed by atoms with van der Waals surface area (Å²) in [5.41, 5.74) is 5.60. The lowest BCUT2D eigenvalue weighted by Crippen LogP contribution is -1.98. The Morgan fingerprint density at radius 1 is 1.30 bits per heavy atom. The average molecular weight is 371 g/mol. The Labute approximate surface area is 142 Å². The van der Waals surface area contributed by atoms with Crippen LogP contribution in [0, 0.1) is 0 Å². The van der Waals surface area contributed by atoms with Gasteiger partial charge in [-0.05, 0) is 30.3 Å². The second-order valence-electron chi connectivity index (χ2n) is 4.75. The smallest absolute Gasteiger partial charge is 0.222 e. The summed E-state index contributed by atoms with van der Waals surface area (Å²) in [7, 11) is 0. The number of benzene rings is 2. The Kier molecular flexibility index (Phi) is 4.73. The first-order valence-electron chi connectivity index (χ1n) is 7.03. The molecular formula is C17H15BrN4O. The lowest BCUT2D eigenvalue weighted by Gasteiger charge is -2.07. The molecule has 2 aromatic carbocycles. The molecule has 0 aliphatic carbocycles. The molecule has 3 aromatic rings. The van der Waals surface area contributed by atoms with E-state index in [1.54, 1.807) is 12.3 Å². The Balaban J connectivity index is 1.76. The van der Waals surface area contributed by atoms with Gasteiger partial charge in [0.15, 0.2) is 0 Å². The van der Waals surface area contributed by atoms with Crippen molar-refractivity contribution in [2.75, 3.05) is 12.0 Å². The molecule has 0 amide bonds. The maximum Gasteiger partial charge on any atom is 0.222 e. The molecule has 0 bridgehead atoms. The fourth-order valence-electron chi connectivity index (χ4n) is 2.07. The van der Waals surface area contributed by atoms with E-state index in [9.17, 15) is 0 Å². The van der Waals surface area contributed by atoms with Gasteiger partial charge in [-0.15, -0.1) is 0 Å². The monoisotopic (exact) mass is 370 g/mol. The molecule has 0 fully saturated rings. The molecule has 6 heteroatoms. The maximum atomic E-state index is 5.61. The standard InChI is InChI=1S/C17H15BrN4O/c1-2-9-23-16-8-7-13(18)10-12(16)11-19-22-17-20-14-5-3-4-6-15(14)21-17/h2-8,10-11H,1,9H2,(H2,20,21,22). The van der Waals surface area contributed by atoms with E-state index in [2.05, 4.69) is 43.0 Å². The van der Waals surface area contributed by atoms with Crippen molar-refractivity contribution in [3.8, 4) is 5.75 Å². The molecule has 1 aromatic heterocycles. The number of nitrogens with one attached hydrogen (secondary N) is 2. The predicted octanol–water partition coefficient (Wildman–Crippen LogP) is 4.34. The zero-order chi connectivity index (χ0) is 16.1. The maximum absolute atomic E-state index is 5.61. The molecule has 0 radical (unpaired) electrons. The van der Waals surface area contributed by atoms with Crippen LogP contribution >= 0.6 is 15.9 Å². The number of hydrogen-bond acceptors (Lipinski definition) is 4. The van der Waals surface area contributed by atoms with Crippen molar-refractivity contribution < 1.29 is 4.74 Å². The third-order valence-corrected chi connectivity index (χ3v) is 3.59. The normalized spacial score (nSPS) is 11.0. The van der Waals surface area contributed by atoms with Crippen LogP contribution in [0.5, 0.6) is 5.75 Å². The molecular weight excluding hydrogens is 356 g/mol. The summed E-state index contributed by atoms with van der Waals surface area (Å²) in [5.74, 6) is 1.33. The number of H-pyrrole nitrogens is 1. The molecule has 3 rings (SSSR count). The Hall–Kier alpha value is -2.60. The summed E-state index contributed by atoms with van der Waals surface area (Å²) in [4.78, 5) is 7.55. The van der Waals surface area contributed by atoms with Crippen molar-refractivity contribution in [2.24, 2.45) is 5.10 Å². The molecule has 0 saturated carbocycles. The molecule has 0 aliphatic rings. The van der Waals surface area contributed by atoms with Crippen molar-refractivity contribution in [1.82, 2.24) is 9.97 Å². The van der Waals surface area contributed by atoms with Crippen LogP contribution in [0.25, 0.3) is 11.0 Å². The number of hydrogen-bond donors (Lipinski definition) is 2. The number of rotatable bonds is 6. The molecule has 0 spiro atoms. The number of aromatic amines is 1. The first-order valence-corrected chi connectivity index (χ1v) is 7.82. The number of para-hydroxylation sites is 2. The number of imidazole rings is 1. The minimum absolute atomic E-state index is 0.444. The van der Waals surface area contributed by atoms with Crippen molar-refractivity contribution in [3.05, 3.63) is 65.2 Å². The van der Waals surface area contributed by atoms with Crippen LogP contribution in [0.2, 0.25) is 0 Å². The highest BCUT2D eigenvalue weighted by Gasteiger charge is 2.03. The van der Waals surface area contributed by atoms with Gasteiger partial charge in [0.1, 0.15) is 12.4 Å². The van der Waals surface area contributed by atoms with Crippen molar-refractivity contribution in [3.63, 3.8) is 0 Å².